The normalized spacial score (nSPS) is 20.9. The predicted octanol–water partition coefficient (Wildman–Crippen LogP) is 0.341. The third-order valence-corrected chi connectivity index (χ3v) is 3.48. The molecule has 18 heavy (non-hydrogen) atoms. The van der Waals surface area contributed by atoms with Crippen LogP contribution < -0.4 is 11.1 Å². The van der Waals surface area contributed by atoms with Crippen LogP contribution in [0, 0.1) is 0 Å². The molecule has 2 unspecified atom stereocenters. The number of nitrogens with two attached hydrogens (primary N) is 1. The summed E-state index contributed by atoms with van der Waals surface area (Å²) in [6.45, 7) is 7.67. The predicted molar refractivity (Wildman–Crippen MR) is 72.4 cm³/mol. The van der Waals surface area contributed by atoms with E-state index in [2.05, 4.69) is 5.32 Å². The van der Waals surface area contributed by atoms with E-state index in [-0.39, 0.29) is 11.9 Å². The van der Waals surface area contributed by atoms with Crippen molar-refractivity contribution in [3.05, 3.63) is 0 Å². The highest BCUT2D eigenvalue weighted by Gasteiger charge is 2.19. The van der Waals surface area contributed by atoms with Gasteiger partial charge in [-0.05, 0) is 26.7 Å². The number of ether oxygens (including phenoxy) is 1. The van der Waals surface area contributed by atoms with Gasteiger partial charge in [-0.2, -0.15) is 0 Å². The number of carbonyl (C=O) groups is 1. The van der Waals surface area contributed by atoms with Gasteiger partial charge in [0.1, 0.15) is 0 Å². The molecule has 1 rings (SSSR count). The summed E-state index contributed by atoms with van der Waals surface area (Å²) in [7, 11) is 0. The molecule has 0 aliphatic carbocycles. The Morgan fingerprint density at radius 3 is 2.72 bits per heavy atom. The lowest BCUT2D eigenvalue weighted by molar-refractivity contribution is -0.131. The van der Waals surface area contributed by atoms with E-state index in [0.717, 1.165) is 39.1 Å². The first-order valence-corrected chi connectivity index (χ1v) is 7.04. The number of hydrogen-bond acceptors (Lipinski definition) is 4. The van der Waals surface area contributed by atoms with E-state index in [1.54, 1.807) is 0 Å². The van der Waals surface area contributed by atoms with Crippen LogP contribution >= 0.6 is 0 Å². The van der Waals surface area contributed by atoms with Gasteiger partial charge >= 0.3 is 0 Å². The van der Waals surface area contributed by atoms with Crippen LogP contribution in [-0.2, 0) is 9.53 Å². The van der Waals surface area contributed by atoms with Gasteiger partial charge in [-0.3, -0.25) is 4.79 Å². The Balaban J connectivity index is 2.29. The maximum absolute atomic E-state index is 12.0. The van der Waals surface area contributed by atoms with Crippen LogP contribution in [0.5, 0.6) is 0 Å². The first-order chi connectivity index (χ1) is 8.71. The van der Waals surface area contributed by atoms with Crippen molar-refractivity contribution >= 4 is 5.91 Å². The summed E-state index contributed by atoms with van der Waals surface area (Å²) < 4.78 is 5.54. The van der Waals surface area contributed by atoms with E-state index in [1.165, 1.54) is 0 Å². The lowest BCUT2D eigenvalue weighted by Crippen LogP contribution is -2.44. The fourth-order valence-corrected chi connectivity index (χ4v) is 2.26. The van der Waals surface area contributed by atoms with Gasteiger partial charge in [0.05, 0.1) is 6.10 Å². The zero-order chi connectivity index (χ0) is 13.4. The molecule has 0 spiro atoms. The highest BCUT2D eigenvalue weighted by atomic mass is 16.5. The number of nitrogens with one attached hydrogen (secondary N) is 1. The molecule has 1 saturated heterocycles. The number of rotatable bonds is 8. The minimum Gasteiger partial charge on any atom is -0.377 e. The fraction of sp³-hybridized carbons (Fsp3) is 0.923. The van der Waals surface area contributed by atoms with Crippen LogP contribution in [0.3, 0.4) is 0 Å². The number of amides is 1. The smallest absolute Gasteiger partial charge is 0.224 e. The Kier molecular flexibility index (Phi) is 7.23. The van der Waals surface area contributed by atoms with Gasteiger partial charge in [0.25, 0.3) is 0 Å². The van der Waals surface area contributed by atoms with E-state index < -0.39 is 0 Å². The minimum atomic E-state index is 0.0577. The quantitative estimate of drug-likeness (QED) is 0.658. The highest BCUT2D eigenvalue weighted by Crippen LogP contribution is 2.11. The van der Waals surface area contributed by atoms with Gasteiger partial charge in [-0.25, -0.2) is 0 Å². The van der Waals surface area contributed by atoms with Crippen LogP contribution in [0.4, 0.5) is 0 Å². The van der Waals surface area contributed by atoms with Crippen LogP contribution in [0.15, 0.2) is 0 Å². The van der Waals surface area contributed by atoms with Crippen molar-refractivity contribution in [3.63, 3.8) is 0 Å². The first-order valence-electron chi connectivity index (χ1n) is 7.04. The standard InChI is InChI=1S/C13H27N3O2/c1-3-16(4-2)13(17)8-11(9-14)15-10-12-6-5-7-18-12/h11-12,15H,3-10,14H2,1-2H3. The Morgan fingerprint density at radius 1 is 1.50 bits per heavy atom. The Morgan fingerprint density at radius 2 is 2.22 bits per heavy atom. The zero-order valence-corrected chi connectivity index (χ0v) is 11.7. The van der Waals surface area contributed by atoms with Crippen molar-refractivity contribution in [1.82, 2.24) is 10.2 Å². The average Bonchev–Trinajstić information content (AvgIpc) is 2.89. The molecule has 0 aromatic carbocycles. The minimum absolute atomic E-state index is 0.0577. The van der Waals surface area contributed by atoms with Crippen molar-refractivity contribution in [2.24, 2.45) is 5.73 Å². The second kappa shape index (κ2) is 8.45. The van der Waals surface area contributed by atoms with Crippen molar-refractivity contribution in [2.75, 3.05) is 32.8 Å². The van der Waals surface area contributed by atoms with Crippen molar-refractivity contribution in [2.45, 2.75) is 45.3 Å². The Labute approximate surface area is 110 Å². The summed E-state index contributed by atoms with van der Waals surface area (Å²) in [6, 6.07) is 0.0577. The third kappa shape index (κ3) is 4.92. The molecule has 2 atom stereocenters. The van der Waals surface area contributed by atoms with E-state index >= 15 is 0 Å². The highest BCUT2D eigenvalue weighted by molar-refractivity contribution is 5.76. The summed E-state index contributed by atoms with van der Waals surface area (Å²) in [5.74, 6) is 0.176. The van der Waals surface area contributed by atoms with Crippen molar-refractivity contribution in [1.29, 1.82) is 0 Å². The lowest BCUT2D eigenvalue weighted by atomic mass is 10.1. The molecule has 5 nitrogen and oxygen atoms in total. The second-order valence-electron chi connectivity index (χ2n) is 4.75. The first kappa shape index (κ1) is 15.4. The number of carbonyl (C=O) groups excluding carboxylic acids is 1. The second-order valence-corrected chi connectivity index (χ2v) is 4.75. The monoisotopic (exact) mass is 257 g/mol. The molecule has 5 heteroatoms. The molecule has 0 saturated carbocycles. The summed E-state index contributed by atoms with van der Waals surface area (Å²) in [5.41, 5.74) is 5.71. The van der Waals surface area contributed by atoms with E-state index in [9.17, 15) is 4.79 Å². The number of nitrogens with zero attached hydrogens (tertiary/aromatic N) is 1. The third-order valence-electron chi connectivity index (χ3n) is 3.48. The van der Waals surface area contributed by atoms with Gasteiger partial charge in [0.2, 0.25) is 5.91 Å². The SMILES string of the molecule is CCN(CC)C(=O)CC(CN)NCC1CCCO1. The molecule has 1 fully saturated rings. The van der Waals surface area contributed by atoms with E-state index in [4.69, 9.17) is 10.5 Å². The maximum atomic E-state index is 12.0. The maximum Gasteiger partial charge on any atom is 0.224 e. The van der Waals surface area contributed by atoms with Crippen LogP contribution in [-0.4, -0.2) is 55.7 Å². The molecule has 1 aliphatic rings. The van der Waals surface area contributed by atoms with Gasteiger partial charge in [-0.15, -0.1) is 0 Å². The van der Waals surface area contributed by atoms with E-state index in [0.29, 0.717) is 19.1 Å². The lowest BCUT2D eigenvalue weighted by Gasteiger charge is -2.23. The molecular weight excluding hydrogens is 230 g/mol. The summed E-state index contributed by atoms with van der Waals surface area (Å²) >= 11 is 0. The molecule has 1 heterocycles. The van der Waals surface area contributed by atoms with Gasteiger partial charge < -0.3 is 20.7 Å². The Bertz CT molecular complexity index is 238. The van der Waals surface area contributed by atoms with Gasteiger partial charge in [0.15, 0.2) is 0 Å². The molecule has 0 aromatic rings. The summed E-state index contributed by atoms with van der Waals surface area (Å²) in [6.07, 6.45) is 3.01. The van der Waals surface area contributed by atoms with Crippen LogP contribution in [0.25, 0.3) is 0 Å². The van der Waals surface area contributed by atoms with Crippen molar-refractivity contribution in [3.8, 4) is 0 Å². The van der Waals surface area contributed by atoms with Crippen molar-refractivity contribution < 1.29 is 9.53 Å². The van der Waals surface area contributed by atoms with Crippen LogP contribution in [0.1, 0.15) is 33.1 Å². The molecule has 1 aliphatic heterocycles. The molecule has 3 N–H and O–H groups in total. The summed E-state index contributed by atoms with van der Waals surface area (Å²) in [5, 5.41) is 3.35. The van der Waals surface area contributed by atoms with Gasteiger partial charge in [0, 0.05) is 45.2 Å². The van der Waals surface area contributed by atoms with E-state index in [1.807, 2.05) is 18.7 Å². The topological polar surface area (TPSA) is 67.6 Å². The zero-order valence-electron chi connectivity index (χ0n) is 11.7. The Hall–Kier alpha value is -0.650. The fourth-order valence-electron chi connectivity index (χ4n) is 2.26. The molecule has 106 valence electrons. The number of hydrogen-bond donors (Lipinski definition) is 2. The largest absolute Gasteiger partial charge is 0.377 e. The summed E-state index contributed by atoms with van der Waals surface area (Å²) in [4.78, 5) is 13.8. The molecule has 0 bridgehead atoms. The molecule has 0 radical (unpaired) electrons. The van der Waals surface area contributed by atoms with Gasteiger partial charge in [-0.1, -0.05) is 0 Å². The molecule has 1 amide bonds. The molecule has 0 aromatic heterocycles. The van der Waals surface area contributed by atoms with Crippen LogP contribution in [0.2, 0.25) is 0 Å². The average molecular weight is 257 g/mol. The molecular formula is C13H27N3O2.